The predicted molar refractivity (Wildman–Crippen MR) is 71.4 cm³/mol. The van der Waals surface area contributed by atoms with E-state index in [4.69, 9.17) is 14.5 Å². The Morgan fingerprint density at radius 3 is 2.47 bits per heavy atom. The van der Waals surface area contributed by atoms with Gasteiger partial charge in [0.2, 0.25) is 0 Å². The minimum Gasteiger partial charge on any atom is -0.444 e. The summed E-state index contributed by atoms with van der Waals surface area (Å²) in [5, 5.41) is 2.57. The molecular weight excluding hydrogens is 246 g/mol. The van der Waals surface area contributed by atoms with Crippen LogP contribution in [0, 0.1) is 0 Å². The third-order valence-corrected chi connectivity index (χ3v) is 2.01. The monoisotopic (exact) mass is 267 g/mol. The summed E-state index contributed by atoms with van der Waals surface area (Å²) in [5.41, 5.74) is 0.539. The third kappa shape index (κ3) is 8.18. The fraction of sp³-hybridized carbons (Fsp3) is 0.500. The highest BCUT2D eigenvalue weighted by atomic mass is 17.2. The minimum atomic E-state index is -0.491. The zero-order chi connectivity index (χ0) is 14.1. The summed E-state index contributed by atoms with van der Waals surface area (Å²) in [4.78, 5) is 21.2. The molecule has 1 rings (SSSR count). The van der Waals surface area contributed by atoms with Gasteiger partial charge < -0.3 is 10.1 Å². The van der Waals surface area contributed by atoms with Crippen molar-refractivity contribution in [1.29, 1.82) is 0 Å². The molecule has 5 nitrogen and oxygen atoms in total. The summed E-state index contributed by atoms with van der Waals surface area (Å²) < 4.78 is 5.07. The van der Waals surface area contributed by atoms with Crippen molar-refractivity contribution >= 4 is 6.09 Å². The summed E-state index contributed by atoms with van der Waals surface area (Å²) in [7, 11) is 0. The first-order chi connectivity index (χ1) is 8.97. The first-order valence-electron chi connectivity index (χ1n) is 6.22. The number of hydrogen-bond acceptors (Lipinski definition) is 4. The van der Waals surface area contributed by atoms with Crippen LogP contribution in [0.1, 0.15) is 26.3 Å². The second-order valence-corrected chi connectivity index (χ2v) is 5.00. The van der Waals surface area contributed by atoms with Crippen LogP contribution in [-0.2, 0) is 21.1 Å². The zero-order valence-electron chi connectivity index (χ0n) is 11.6. The van der Waals surface area contributed by atoms with Gasteiger partial charge in [0.15, 0.2) is 0 Å². The molecule has 0 unspecified atom stereocenters. The Bertz CT molecular complexity index is 373. The quantitative estimate of drug-likeness (QED) is 0.489. The van der Waals surface area contributed by atoms with E-state index < -0.39 is 11.7 Å². The zero-order valence-corrected chi connectivity index (χ0v) is 11.6. The molecule has 0 heterocycles. The Hall–Kier alpha value is -1.59. The number of rotatable bonds is 6. The van der Waals surface area contributed by atoms with Crippen molar-refractivity contribution in [3.05, 3.63) is 35.9 Å². The van der Waals surface area contributed by atoms with Crippen molar-refractivity contribution in [2.45, 2.75) is 33.0 Å². The van der Waals surface area contributed by atoms with E-state index in [1.807, 2.05) is 51.1 Å². The molecule has 5 heteroatoms. The Kier molecular flexibility index (Phi) is 6.32. The second kappa shape index (κ2) is 7.76. The van der Waals surface area contributed by atoms with Crippen LogP contribution in [0.5, 0.6) is 0 Å². The third-order valence-electron chi connectivity index (χ3n) is 2.01. The summed E-state index contributed by atoms with van der Waals surface area (Å²) in [5.74, 6) is 0. The fourth-order valence-electron chi connectivity index (χ4n) is 1.25. The lowest BCUT2D eigenvalue weighted by Crippen LogP contribution is -2.34. The lowest BCUT2D eigenvalue weighted by Gasteiger charge is -2.19. The molecule has 0 saturated carbocycles. The number of benzene rings is 1. The van der Waals surface area contributed by atoms with Crippen LogP contribution in [-0.4, -0.2) is 24.8 Å². The summed E-state index contributed by atoms with van der Waals surface area (Å²) in [6, 6.07) is 9.70. The molecule has 1 N–H and O–H groups in total. The van der Waals surface area contributed by atoms with Crippen LogP contribution < -0.4 is 5.32 Å². The van der Waals surface area contributed by atoms with Crippen LogP contribution in [0.2, 0.25) is 0 Å². The number of nitrogens with one attached hydrogen (secondary N) is 1. The van der Waals surface area contributed by atoms with Gasteiger partial charge in [-0.2, -0.15) is 0 Å². The summed E-state index contributed by atoms with van der Waals surface area (Å²) in [6.07, 6.45) is -0.459. The molecule has 0 aromatic heterocycles. The van der Waals surface area contributed by atoms with Gasteiger partial charge in [-0.1, -0.05) is 30.3 Å². The van der Waals surface area contributed by atoms with Gasteiger partial charge in [0.05, 0.1) is 6.61 Å². The maximum absolute atomic E-state index is 11.3. The van der Waals surface area contributed by atoms with E-state index in [1.54, 1.807) is 0 Å². The van der Waals surface area contributed by atoms with Gasteiger partial charge in [0, 0.05) is 6.54 Å². The van der Waals surface area contributed by atoms with Crippen LogP contribution in [0.3, 0.4) is 0 Å². The van der Waals surface area contributed by atoms with E-state index in [9.17, 15) is 4.79 Å². The Morgan fingerprint density at radius 2 is 1.84 bits per heavy atom. The lowest BCUT2D eigenvalue weighted by atomic mass is 10.2. The van der Waals surface area contributed by atoms with Crippen LogP contribution in [0.25, 0.3) is 0 Å². The lowest BCUT2D eigenvalue weighted by molar-refractivity contribution is -0.302. The van der Waals surface area contributed by atoms with Crippen molar-refractivity contribution in [1.82, 2.24) is 5.32 Å². The summed E-state index contributed by atoms with van der Waals surface area (Å²) in [6.45, 7) is 6.42. The van der Waals surface area contributed by atoms with Crippen LogP contribution >= 0.6 is 0 Å². The van der Waals surface area contributed by atoms with E-state index in [1.165, 1.54) is 0 Å². The number of carbonyl (C=O) groups excluding carboxylic acids is 1. The fourth-order valence-corrected chi connectivity index (χ4v) is 1.25. The number of amides is 1. The SMILES string of the molecule is CC(C)(C)OC(=O)NCCOOCc1ccccc1. The Morgan fingerprint density at radius 1 is 1.16 bits per heavy atom. The van der Waals surface area contributed by atoms with Crippen molar-refractivity contribution in [2.24, 2.45) is 0 Å². The molecule has 1 amide bonds. The molecule has 0 aliphatic carbocycles. The average Bonchev–Trinajstić information content (AvgIpc) is 2.32. The highest BCUT2D eigenvalue weighted by Crippen LogP contribution is 2.06. The molecule has 1 aromatic rings. The van der Waals surface area contributed by atoms with E-state index >= 15 is 0 Å². The second-order valence-electron chi connectivity index (χ2n) is 5.00. The number of carbonyl (C=O) groups is 1. The van der Waals surface area contributed by atoms with Gasteiger partial charge >= 0.3 is 6.09 Å². The standard InChI is InChI=1S/C14H21NO4/c1-14(2,3)19-13(16)15-9-10-17-18-11-12-7-5-4-6-8-12/h4-8H,9-11H2,1-3H3,(H,15,16). The van der Waals surface area contributed by atoms with Crippen molar-refractivity contribution in [2.75, 3.05) is 13.2 Å². The van der Waals surface area contributed by atoms with Gasteiger partial charge in [-0.25, -0.2) is 14.6 Å². The maximum Gasteiger partial charge on any atom is 0.407 e. The molecule has 0 aliphatic rings. The molecule has 0 fully saturated rings. The molecule has 1 aromatic carbocycles. The van der Waals surface area contributed by atoms with Gasteiger partial charge in [-0.15, -0.1) is 0 Å². The van der Waals surface area contributed by atoms with E-state index in [-0.39, 0.29) is 6.61 Å². The van der Waals surface area contributed by atoms with Crippen molar-refractivity contribution in [3.8, 4) is 0 Å². The normalized spacial score (nSPS) is 11.1. The molecular formula is C14H21NO4. The predicted octanol–water partition coefficient (Wildman–Crippen LogP) is 2.66. The average molecular weight is 267 g/mol. The van der Waals surface area contributed by atoms with Crippen LogP contribution in [0.15, 0.2) is 30.3 Å². The number of alkyl carbamates (subject to hydrolysis) is 1. The Labute approximate surface area is 113 Å². The molecule has 0 atom stereocenters. The van der Waals surface area contributed by atoms with E-state index in [2.05, 4.69) is 5.32 Å². The van der Waals surface area contributed by atoms with Crippen LogP contribution in [0.4, 0.5) is 4.79 Å². The molecule has 19 heavy (non-hydrogen) atoms. The molecule has 0 saturated heterocycles. The number of ether oxygens (including phenoxy) is 1. The van der Waals surface area contributed by atoms with Gasteiger partial charge in [-0.05, 0) is 26.3 Å². The molecule has 0 spiro atoms. The maximum atomic E-state index is 11.3. The minimum absolute atomic E-state index is 0.270. The highest BCUT2D eigenvalue weighted by Gasteiger charge is 2.15. The van der Waals surface area contributed by atoms with Crippen molar-refractivity contribution in [3.63, 3.8) is 0 Å². The molecule has 0 bridgehead atoms. The number of hydrogen-bond donors (Lipinski definition) is 1. The highest BCUT2D eigenvalue weighted by molar-refractivity contribution is 5.67. The first-order valence-corrected chi connectivity index (χ1v) is 6.22. The van der Waals surface area contributed by atoms with Crippen molar-refractivity contribution < 1.29 is 19.3 Å². The first kappa shape index (κ1) is 15.5. The largest absolute Gasteiger partial charge is 0.444 e. The topological polar surface area (TPSA) is 56.8 Å². The van der Waals surface area contributed by atoms with Gasteiger partial charge in [-0.3, -0.25) is 0 Å². The van der Waals surface area contributed by atoms with Gasteiger partial charge in [0.1, 0.15) is 12.2 Å². The molecule has 106 valence electrons. The smallest absolute Gasteiger partial charge is 0.407 e. The molecule has 0 radical (unpaired) electrons. The summed E-state index contributed by atoms with van der Waals surface area (Å²) >= 11 is 0. The van der Waals surface area contributed by atoms with E-state index in [0.717, 1.165) is 5.56 Å². The Balaban J connectivity index is 2.01. The van der Waals surface area contributed by atoms with Gasteiger partial charge in [0.25, 0.3) is 0 Å². The molecule has 0 aliphatic heterocycles. The van der Waals surface area contributed by atoms with E-state index in [0.29, 0.717) is 13.2 Å².